The Kier molecular flexibility index (Phi) is 4.03. The van der Waals surface area contributed by atoms with Gasteiger partial charge in [-0.05, 0) is 63.9 Å². The quantitative estimate of drug-likeness (QED) is 0.893. The van der Waals surface area contributed by atoms with E-state index in [0.29, 0.717) is 6.04 Å². The van der Waals surface area contributed by atoms with E-state index >= 15 is 0 Å². The van der Waals surface area contributed by atoms with Crippen molar-refractivity contribution >= 4 is 0 Å². The molecule has 0 aromatic heterocycles. The van der Waals surface area contributed by atoms with Crippen LogP contribution in [-0.2, 0) is 6.42 Å². The summed E-state index contributed by atoms with van der Waals surface area (Å²) in [6, 6.07) is 7.25. The molecular formula is C15H23FN2. The molecule has 18 heavy (non-hydrogen) atoms. The van der Waals surface area contributed by atoms with Crippen LogP contribution in [-0.4, -0.2) is 30.6 Å². The van der Waals surface area contributed by atoms with Crippen molar-refractivity contribution in [2.75, 3.05) is 14.1 Å². The zero-order valence-corrected chi connectivity index (χ0v) is 11.3. The zero-order chi connectivity index (χ0) is 13.2. The maximum Gasteiger partial charge on any atom is 0.123 e. The van der Waals surface area contributed by atoms with Crippen molar-refractivity contribution in [3.63, 3.8) is 0 Å². The number of nitrogens with two attached hydrogens (primary N) is 1. The molecule has 0 spiro atoms. The summed E-state index contributed by atoms with van der Waals surface area (Å²) in [5, 5.41) is 0. The van der Waals surface area contributed by atoms with E-state index in [4.69, 9.17) is 5.73 Å². The lowest BCUT2D eigenvalue weighted by molar-refractivity contribution is 0.0934. The molecule has 0 unspecified atom stereocenters. The first kappa shape index (κ1) is 13.5. The molecule has 1 aliphatic rings. The maximum absolute atomic E-state index is 12.9. The fraction of sp³-hybridized carbons (Fsp3) is 0.600. The Hall–Kier alpha value is -0.930. The third-order valence-corrected chi connectivity index (χ3v) is 4.36. The van der Waals surface area contributed by atoms with Crippen molar-refractivity contribution in [2.24, 2.45) is 5.73 Å². The van der Waals surface area contributed by atoms with E-state index in [1.54, 1.807) is 12.1 Å². The minimum absolute atomic E-state index is 0.164. The van der Waals surface area contributed by atoms with E-state index in [9.17, 15) is 4.39 Å². The molecule has 1 aliphatic carbocycles. The number of rotatable bonds is 3. The van der Waals surface area contributed by atoms with Crippen LogP contribution in [0.1, 0.15) is 31.2 Å². The highest BCUT2D eigenvalue weighted by Crippen LogP contribution is 2.34. The van der Waals surface area contributed by atoms with E-state index in [-0.39, 0.29) is 11.4 Å². The molecule has 2 nitrogen and oxygen atoms in total. The predicted molar refractivity (Wildman–Crippen MR) is 73.0 cm³/mol. The van der Waals surface area contributed by atoms with E-state index in [1.807, 2.05) is 12.1 Å². The number of benzene rings is 1. The molecule has 0 atom stereocenters. The second-order valence-corrected chi connectivity index (χ2v) is 5.76. The summed E-state index contributed by atoms with van der Waals surface area (Å²) in [5.74, 6) is -0.164. The minimum Gasteiger partial charge on any atom is -0.328 e. The van der Waals surface area contributed by atoms with Crippen LogP contribution in [0, 0.1) is 5.82 Å². The molecule has 1 aromatic rings. The Morgan fingerprint density at radius 2 is 1.78 bits per heavy atom. The van der Waals surface area contributed by atoms with Crippen molar-refractivity contribution in [3.8, 4) is 0 Å². The zero-order valence-electron chi connectivity index (χ0n) is 11.3. The molecule has 100 valence electrons. The van der Waals surface area contributed by atoms with Crippen LogP contribution in [0.4, 0.5) is 4.39 Å². The third-order valence-electron chi connectivity index (χ3n) is 4.36. The lowest BCUT2D eigenvalue weighted by atomic mass is 9.75. The van der Waals surface area contributed by atoms with Gasteiger partial charge in [-0.1, -0.05) is 12.1 Å². The van der Waals surface area contributed by atoms with Gasteiger partial charge in [0.25, 0.3) is 0 Å². The second-order valence-electron chi connectivity index (χ2n) is 5.76. The molecule has 0 amide bonds. The molecule has 2 N–H and O–H groups in total. The van der Waals surface area contributed by atoms with Crippen LogP contribution >= 0.6 is 0 Å². The van der Waals surface area contributed by atoms with Gasteiger partial charge in [0.1, 0.15) is 5.82 Å². The lowest BCUT2D eigenvalue weighted by Crippen LogP contribution is -2.50. The van der Waals surface area contributed by atoms with Crippen LogP contribution in [0.15, 0.2) is 24.3 Å². The summed E-state index contributed by atoms with van der Waals surface area (Å²) < 4.78 is 12.9. The fourth-order valence-electron chi connectivity index (χ4n) is 2.94. The van der Waals surface area contributed by atoms with Gasteiger partial charge in [-0.3, -0.25) is 0 Å². The van der Waals surface area contributed by atoms with Crippen molar-refractivity contribution in [2.45, 2.75) is 43.7 Å². The summed E-state index contributed by atoms with van der Waals surface area (Å²) in [6.07, 6.45) is 5.39. The number of hydrogen-bond acceptors (Lipinski definition) is 2. The van der Waals surface area contributed by atoms with Crippen LogP contribution < -0.4 is 5.73 Å². The van der Waals surface area contributed by atoms with E-state index in [0.717, 1.165) is 32.1 Å². The van der Waals surface area contributed by atoms with Gasteiger partial charge in [0.05, 0.1) is 0 Å². The molecule has 0 heterocycles. The molecule has 0 saturated heterocycles. The molecule has 1 saturated carbocycles. The number of likely N-dealkylation sites (N-methyl/N-ethyl adjacent to an activating group) is 1. The highest BCUT2D eigenvalue weighted by Gasteiger charge is 2.36. The van der Waals surface area contributed by atoms with E-state index < -0.39 is 0 Å². The van der Waals surface area contributed by atoms with Gasteiger partial charge in [-0.15, -0.1) is 0 Å². The summed E-state index contributed by atoms with van der Waals surface area (Å²) in [6.45, 7) is 0. The normalized spacial score (nSPS) is 28.6. The van der Waals surface area contributed by atoms with Gasteiger partial charge < -0.3 is 10.6 Å². The first-order valence-electron chi connectivity index (χ1n) is 6.69. The van der Waals surface area contributed by atoms with Gasteiger partial charge in [0.15, 0.2) is 0 Å². The highest BCUT2D eigenvalue weighted by atomic mass is 19.1. The van der Waals surface area contributed by atoms with Gasteiger partial charge in [0, 0.05) is 11.6 Å². The van der Waals surface area contributed by atoms with Gasteiger partial charge in [-0.2, -0.15) is 0 Å². The predicted octanol–water partition coefficient (Wildman–Crippen LogP) is 2.57. The highest BCUT2D eigenvalue weighted by molar-refractivity contribution is 5.19. The van der Waals surface area contributed by atoms with Crippen LogP contribution in [0.25, 0.3) is 0 Å². The minimum atomic E-state index is -0.164. The van der Waals surface area contributed by atoms with Gasteiger partial charge in [0.2, 0.25) is 0 Å². The molecule has 0 bridgehead atoms. The standard InChI is InChI=1S/C15H23FN2/c1-18(2)15(9-7-14(17)8-10-15)11-12-3-5-13(16)6-4-12/h3-6,14H,7-11,17H2,1-2H3. The molecular weight excluding hydrogens is 227 g/mol. The Labute approximate surface area is 109 Å². The first-order chi connectivity index (χ1) is 8.52. The van der Waals surface area contributed by atoms with Crippen molar-refractivity contribution in [1.29, 1.82) is 0 Å². The van der Waals surface area contributed by atoms with Crippen LogP contribution in [0.3, 0.4) is 0 Å². The van der Waals surface area contributed by atoms with Crippen LogP contribution in [0.2, 0.25) is 0 Å². The maximum atomic E-state index is 12.9. The smallest absolute Gasteiger partial charge is 0.123 e. The largest absolute Gasteiger partial charge is 0.328 e. The molecule has 0 radical (unpaired) electrons. The Balaban J connectivity index is 2.13. The summed E-state index contributed by atoms with van der Waals surface area (Å²) >= 11 is 0. The fourth-order valence-corrected chi connectivity index (χ4v) is 2.94. The molecule has 2 rings (SSSR count). The second kappa shape index (κ2) is 5.37. The SMILES string of the molecule is CN(C)C1(Cc2ccc(F)cc2)CCC(N)CC1. The molecule has 1 fully saturated rings. The first-order valence-corrected chi connectivity index (χ1v) is 6.69. The number of halogens is 1. The Bertz CT molecular complexity index is 378. The Morgan fingerprint density at radius 3 is 2.28 bits per heavy atom. The summed E-state index contributed by atoms with van der Waals surface area (Å²) in [7, 11) is 4.28. The molecule has 0 aliphatic heterocycles. The average Bonchev–Trinajstić information content (AvgIpc) is 2.35. The molecule has 1 aromatic carbocycles. The van der Waals surface area contributed by atoms with Gasteiger partial charge >= 0.3 is 0 Å². The number of nitrogens with zero attached hydrogens (tertiary/aromatic N) is 1. The molecule has 3 heteroatoms. The summed E-state index contributed by atoms with van der Waals surface area (Å²) in [4.78, 5) is 2.32. The van der Waals surface area contributed by atoms with Crippen LogP contribution in [0.5, 0.6) is 0 Å². The number of hydrogen-bond donors (Lipinski definition) is 1. The van der Waals surface area contributed by atoms with E-state index in [2.05, 4.69) is 19.0 Å². The Morgan fingerprint density at radius 1 is 1.22 bits per heavy atom. The lowest BCUT2D eigenvalue weighted by Gasteiger charge is -2.45. The summed E-state index contributed by atoms with van der Waals surface area (Å²) in [5.41, 5.74) is 7.40. The monoisotopic (exact) mass is 250 g/mol. The van der Waals surface area contributed by atoms with Gasteiger partial charge in [-0.25, -0.2) is 4.39 Å². The van der Waals surface area contributed by atoms with E-state index in [1.165, 1.54) is 5.56 Å². The third kappa shape index (κ3) is 2.90. The van der Waals surface area contributed by atoms with Crippen molar-refractivity contribution in [1.82, 2.24) is 4.90 Å². The average molecular weight is 250 g/mol. The topological polar surface area (TPSA) is 29.3 Å². The van der Waals surface area contributed by atoms with Crippen molar-refractivity contribution in [3.05, 3.63) is 35.6 Å². The van der Waals surface area contributed by atoms with Crippen molar-refractivity contribution < 1.29 is 4.39 Å².